The second-order valence-corrected chi connectivity index (χ2v) is 7.53. The number of hydrogen-bond donors (Lipinski definition) is 0. The Balaban J connectivity index is 1.99. The number of ether oxygens (including phenoxy) is 2. The summed E-state index contributed by atoms with van der Waals surface area (Å²) in [5.41, 5.74) is 1.62. The number of piperidine rings is 1. The highest BCUT2D eigenvalue weighted by Gasteiger charge is 2.52. The first-order chi connectivity index (χ1) is 10.6. The first-order valence-electron chi connectivity index (χ1n) is 8.17. The predicted octanol–water partition coefficient (Wildman–Crippen LogP) is 3.80. The van der Waals surface area contributed by atoms with Crippen LogP contribution < -0.4 is 4.74 Å². The number of methoxy groups -OCH3 is 1. The molecule has 122 valence electrons. The quantitative estimate of drug-likeness (QED) is 0.755. The van der Waals surface area contributed by atoms with Crippen LogP contribution in [-0.2, 0) is 10.2 Å². The molecule has 2 bridgehead atoms. The monoisotopic (exact) mass is 367 g/mol. The number of rotatable bonds is 4. The van der Waals surface area contributed by atoms with Gasteiger partial charge in [-0.1, -0.05) is 35.0 Å². The zero-order valence-electron chi connectivity index (χ0n) is 13.7. The molecule has 0 saturated carbocycles. The van der Waals surface area contributed by atoms with Crippen LogP contribution in [0.1, 0.15) is 31.7 Å². The minimum atomic E-state index is 0.205. The van der Waals surface area contributed by atoms with Gasteiger partial charge in [0.05, 0.1) is 13.2 Å². The van der Waals surface area contributed by atoms with E-state index in [1.54, 1.807) is 7.11 Å². The van der Waals surface area contributed by atoms with Crippen LogP contribution in [-0.4, -0.2) is 43.3 Å². The van der Waals surface area contributed by atoms with Crippen LogP contribution in [0.4, 0.5) is 0 Å². The molecule has 2 aliphatic heterocycles. The molecule has 3 nitrogen and oxygen atoms in total. The van der Waals surface area contributed by atoms with Gasteiger partial charge in [-0.3, -0.25) is 4.90 Å². The number of likely N-dealkylation sites (tertiary alicyclic amines) is 1. The van der Waals surface area contributed by atoms with Crippen LogP contribution in [0.3, 0.4) is 0 Å². The fourth-order valence-electron chi connectivity index (χ4n) is 4.30. The summed E-state index contributed by atoms with van der Waals surface area (Å²) in [7, 11) is 3.93. The Labute approximate surface area is 142 Å². The van der Waals surface area contributed by atoms with Crippen molar-refractivity contribution in [2.24, 2.45) is 5.92 Å². The predicted molar refractivity (Wildman–Crippen MR) is 92.8 cm³/mol. The molecule has 0 radical (unpaired) electrons. The van der Waals surface area contributed by atoms with Crippen LogP contribution in [0.5, 0.6) is 5.75 Å². The van der Waals surface area contributed by atoms with E-state index in [1.807, 2.05) is 6.07 Å². The van der Waals surface area contributed by atoms with Crippen molar-refractivity contribution in [2.75, 3.05) is 26.0 Å². The Hall–Kier alpha value is -0.580. The summed E-state index contributed by atoms with van der Waals surface area (Å²) in [5.74, 6) is 1.45. The zero-order chi connectivity index (χ0) is 15.7. The molecule has 0 amide bonds. The maximum atomic E-state index is 6.39. The lowest BCUT2D eigenvalue weighted by Crippen LogP contribution is -2.60. The van der Waals surface area contributed by atoms with Gasteiger partial charge < -0.3 is 9.47 Å². The second kappa shape index (κ2) is 6.50. The van der Waals surface area contributed by atoms with Crippen molar-refractivity contribution in [2.45, 2.75) is 43.9 Å². The number of benzene rings is 1. The molecule has 4 atom stereocenters. The summed E-state index contributed by atoms with van der Waals surface area (Å²) in [6, 6.07) is 8.66. The maximum absolute atomic E-state index is 6.39. The molecular weight excluding hydrogens is 342 g/mol. The molecule has 1 aromatic rings. The summed E-state index contributed by atoms with van der Waals surface area (Å²) in [4.78, 5) is 2.38. The van der Waals surface area contributed by atoms with Gasteiger partial charge in [0, 0.05) is 23.2 Å². The fraction of sp³-hybridized carbons (Fsp3) is 0.667. The summed E-state index contributed by atoms with van der Waals surface area (Å²) in [6.45, 7) is 3.44. The van der Waals surface area contributed by atoms with Gasteiger partial charge in [0.1, 0.15) is 12.0 Å². The average Bonchev–Trinajstić information content (AvgIpc) is 2.53. The molecule has 3 rings (SSSR count). The molecular formula is C18H26BrNO2. The van der Waals surface area contributed by atoms with E-state index < -0.39 is 0 Å². The smallest absolute Gasteiger partial charge is 0.119 e. The van der Waals surface area contributed by atoms with Crippen molar-refractivity contribution < 1.29 is 9.47 Å². The summed E-state index contributed by atoms with van der Waals surface area (Å²) in [5, 5.41) is 0.997. The third kappa shape index (κ3) is 2.70. The Kier molecular flexibility index (Phi) is 4.81. The van der Waals surface area contributed by atoms with Gasteiger partial charge >= 0.3 is 0 Å². The standard InChI is InChI=1S/C18H26BrNO2/c1-13-17-20(2)10-8-18(13,12-16(22-17)7-9-19)14-5-4-6-15(11-14)21-3/h4-6,11,13,16-17H,7-10,12H2,1-3H3. The Morgan fingerprint density at radius 1 is 1.45 bits per heavy atom. The van der Waals surface area contributed by atoms with E-state index in [4.69, 9.17) is 9.47 Å². The van der Waals surface area contributed by atoms with Crippen molar-refractivity contribution in [1.29, 1.82) is 0 Å². The lowest BCUT2D eigenvalue weighted by molar-refractivity contribution is -0.201. The van der Waals surface area contributed by atoms with Gasteiger partial charge in [-0.25, -0.2) is 0 Å². The minimum Gasteiger partial charge on any atom is -0.497 e. The van der Waals surface area contributed by atoms with Crippen LogP contribution >= 0.6 is 15.9 Å². The highest BCUT2D eigenvalue weighted by Crippen LogP contribution is 2.50. The van der Waals surface area contributed by atoms with Gasteiger partial charge in [-0.05, 0) is 44.0 Å². The molecule has 22 heavy (non-hydrogen) atoms. The second-order valence-electron chi connectivity index (χ2n) is 6.74. The molecule has 0 N–H and O–H groups in total. The van der Waals surface area contributed by atoms with Crippen molar-refractivity contribution in [3.8, 4) is 5.75 Å². The van der Waals surface area contributed by atoms with E-state index in [9.17, 15) is 0 Å². The van der Waals surface area contributed by atoms with Crippen LogP contribution in [0.15, 0.2) is 24.3 Å². The van der Waals surface area contributed by atoms with E-state index in [1.165, 1.54) is 12.0 Å². The van der Waals surface area contributed by atoms with Crippen LogP contribution in [0, 0.1) is 5.92 Å². The minimum absolute atomic E-state index is 0.205. The first kappa shape index (κ1) is 16.3. The highest BCUT2D eigenvalue weighted by atomic mass is 79.9. The van der Waals surface area contributed by atoms with Gasteiger partial charge in [-0.2, -0.15) is 0 Å². The molecule has 2 aliphatic rings. The third-order valence-electron chi connectivity index (χ3n) is 5.64. The molecule has 2 saturated heterocycles. The normalized spacial score (nSPS) is 35.4. The zero-order valence-corrected chi connectivity index (χ0v) is 15.3. The van der Waals surface area contributed by atoms with E-state index in [0.717, 1.165) is 30.5 Å². The van der Waals surface area contributed by atoms with E-state index in [2.05, 4.69) is 53.0 Å². The van der Waals surface area contributed by atoms with E-state index in [0.29, 0.717) is 12.0 Å². The van der Waals surface area contributed by atoms with Gasteiger partial charge in [0.2, 0.25) is 0 Å². The average molecular weight is 368 g/mol. The summed E-state index contributed by atoms with van der Waals surface area (Å²) < 4.78 is 11.9. The summed E-state index contributed by atoms with van der Waals surface area (Å²) in [6.07, 6.45) is 3.92. The molecule has 1 aromatic carbocycles. The number of halogens is 1. The van der Waals surface area contributed by atoms with Crippen molar-refractivity contribution in [3.63, 3.8) is 0 Å². The Bertz CT molecular complexity index is 524. The summed E-state index contributed by atoms with van der Waals surface area (Å²) >= 11 is 3.58. The Morgan fingerprint density at radius 3 is 3.00 bits per heavy atom. The van der Waals surface area contributed by atoms with Gasteiger partial charge in [-0.15, -0.1) is 0 Å². The number of hydrogen-bond acceptors (Lipinski definition) is 3. The number of fused-ring (bicyclic) bond motifs is 2. The molecule has 0 aromatic heterocycles. The molecule has 4 heteroatoms. The fourth-order valence-corrected chi connectivity index (χ4v) is 4.81. The molecule has 4 unspecified atom stereocenters. The first-order valence-corrected chi connectivity index (χ1v) is 9.29. The van der Waals surface area contributed by atoms with Gasteiger partial charge in [0.25, 0.3) is 0 Å². The SMILES string of the molecule is COc1cccc(C23CCN(C)C(OC(CCBr)C2)C3C)c1. The van der Waals surface area contributed by atoms with Gasteiger partial charge in [0.15, 0.2) is 0 Å². The third-order valence-corrected chi connectivity index (χ3v) is 6.10. The Morgan fingerprint density at radius 2 is 2.27 bits per heavy atom. The van der Waals surface area contributed by atoms with Crippen molar-refractivity contribution in [1.82, 2.24) is 4.90 Å². The molecule has 2 fully saturated rings. The maximum Gasteiger partial charge on any atom is 0.119 e. The topological polar surface area (TPSA) is 21.7 Å². The lowest BCUT2D eigenvalue weighted by atomic mass is 9.61. The number of nitrogens with zero attached hydrogens (tertiary/aromatic N) is 1. The molecule has 0 aliphatic carbocycles. The van der Waals surface area contributed by atoms with E-state index in [-0.39, 0.29) is 11.6 Å². The van der Waals surface area contributed by atoms with E-state index >= 15 is 0 Å². The number of alkyl halides is 1. The van der Waals surface area contributed by atoms with Crippen LogP contribution in [0.25, 0.3) is 0 Å². The molecule has 2 heterocycles. The lowest BCUT2D eigenvalue weighted by Gasteiger charge is -2.56. The van der Waals surface area contributed by atoms with Crippen molar-refractivity contribution in [3.05, 3.63) is 29.8 Å². The van der Waals surface area contributed by atoms with Crippen molar-refractivity contribution >= 4 is 15.9 Å². The molecule has 0 spiro atoms. The largest absolute Gasteiger partial charge is 0.497 e. The highest BCUT2D eigenvalue weighted by molar-refractivity contribution is 9.09. The van der Waals surface area contributed by atoms with Crippen LogP contribution in [0.2, 0.25) is 0 Å².